The Morgan fingerprint density at radius 1 is 0.275 bits per heavy atom. The van der Waals surface area contributed by atoms with E-state index in [1.54, 1.807) is 0 Å². The molecule has 0 saturated carbocycles. The highest BCUT2D eigenvalue weighted by atomic mass is 16.3. The minimum atomic E-state index is 0.599. The monoisotopic (exact) mass is 881 g/mol. The standard InChI is InChI=1S/C63H39N5O/c1-4-16-40(17-5-1)44-20-14-21-45(38-44)41-30-32-43(33-31-41)62-64-61(42-18-6-2-7-19-42)65-63(66-62)46-34-37-56-53(39-46)50-35-36-52-51-26-15-29-57(59(51)69-60(52)58(50)67(56)47-22-8-3-9-23-47)68-54-27-12-10-24-48(54)49-25-11-13-28-55(49)68/h1-39H. The lowest BCUT2D eigenvalue weighted by Crippen LogP contribution is -2.00. The number of rotatable bonds is 7. The molecule has 0 spiro atoms. The minimum Gasteiger partial charge on any atom is -0.452 e. The van der Waals surface area contributed by atoms with Crippen LogP contribution >= 0.6 is 0 Å². The predicted octanol–water partition coefficient (Wildman–Crippen LogP) is 16.3. The Morgan fingerprint density at radius 2 is 0.739 bits per heavy atom. The molecule has 69 heavy (non-hydrogen) atoms. The second-order valence-electron chi connectivity index (χ2n) is 17.6. The summed E-state index contributed by atoms with van der Waals surface area (Å²) in [5.41, 5.74) is 15.4. The summed E-state index contributed by atoms with van der Waals surface area (Å²) in [5.74, 6) is 1.82. The molecule has 10 aromatic carbocycles. The van der Waals surface area contributed by atoms with E-state index in [9.17, 15) is 0 Å². The highest BCUT2D eigenvalue weighted by Crippen LogP contribution is 2.44. The smallest absolute Gasteiger partial charge is 0.164 e. The van der Waals surface area contributed by atoms with E-state index < -0.39 is 0 Å². The van der Waals surface area contributed by atoms with Gasteiger partial charge in [-0.1, -0.05) is 176 Å². The van der Waals surface area contributed by atoms with Crippen LogP contribution in [0, 0.1) is 0 Å². The van der Waals surface area contributed by atoms with Crippen molar-refractivity contribution in [2.75, 3.05) is 0 Å². The molecule has 0 bridgehead atoms. The first-order chi connectivity index (χ1) is 34.2. The van der Waals surface area contributed by atoms with Crippen molar-refractivity contribution in [1.82, 2.24) is 24.1 Å². The van der Waals surface area contributed by atoms with Crippen molar-refractivity contribution in [3.8, 4) is 67.8 Å². The van der Waals surface area contributed by atoms with Crippen molar-refractivity contribution < 1.29 is 4.42 Å². The number of benzene rings is 10. The van der Waals surface area contributed by atoms with E-state index in [-0.39, 0.29) is 0 Å². The van der Waals surface area contributed by atoms with Crippen LogP contribution in [0.25, 0.3) is 133 Å². The molecule has 6 heteroatoms. The van der Waals surface area contributed by atoms with E-state index in [0.29, 0.717) is 17.5 Å². The van der Waals surface area contributed by atoms with Crippen LogP contribution in [0.3, 0.4) is 0 Å². The van der Waals surface area contributed by atoms with Crippen molar-refractivity contribution >= 4 is 65.6 Å². The summed E-state index contributed by atoms with van der Waals surface area (Å²) in [6, 6.07) is 83.2. The van der Waals surface area contributed by atoms with Gasteiger partial charge in [-0.05, 0) is 82.9 Å². The number of hydrogen-bond donors (Lipinski definition) is 0. The number of furan rings is 1. The van der Waals surface area contributed by atoms with Crippen LogP contribution in [0.4, 0.5) is 0 Å². The average Bonchev–Trinajstić information content (AvgIpc) is 4.09. The Bertz CT molecular complexity index is 4230. The normalized spacial score (nSPS) is 11.8. The highest BCUT2D eigenvalue weighted by Gasteiger charge is 2.23. The summed E-state index contributed by atoms with van der Waals surface area (Å²) in [5, 5.41) is 6.69. The second-order valence-corrected chi connectivity index (χ2v) is 17.6. The Morgan fingerprint density at radius 3 is 1.42 bits per heavy atom. The molecule has 0 N–H and O–H groups in total. The van der Waals surface area contributed by atoms with Gasteiger partial charge in [-0.15, -0.1) is 0 Å². The lowest BCUT2D eigenvalue weighted by atomic mass is 9.98. The van der Waals surface area contributed by atoms with Crippen LogP contribution in [0.2, 0.25) is 0 Å². The van der Waals surface area contributed by atoms with Gasteiger partial charge in [-0.25, -0.2) is 15.0 Å². The van der Waals surface area contributed by atoms with Crippen LogP contribution < -0.4 is 0 Å². The van der Waals surface area contributed by atoms with Crippen LogP contribution in [0.1, 0.15) is 0 Å². The summed E-state index contributed by atoms with van der Waals surface area (Å²) in [6.07, 6.45) is 0. The van der Waals surface area contributed by atoms with Gasteiger partial charge in [0.15, 0.2) is 28.6 Å². The van der Waals surface area contributed by atoms with Crippen LogP contribution in [-0.4, -0.2) is 24.1 Å². The van der Waals surface area contributed by atoms with E-state index in [2.05, 4.69) is 209 Å². The van der Waals surface area contributed by atoms with E-state index in [0.717, 1.165) is 94.0 Å². The molecule has 0 saturated heterocycles. The van der Waals surface area contributed by atoms with Gasteiger partial charge in [-0.2, -0.15) is 0 Å². The highest BCUT2D eigenvalue weighted by molar-refractivity contribution is 6.23. The first-order valence-corrected chi connectivity index (χ1v) is 23.3. The molecular weight excluding hydrogens is 843 g/mol. The minimum absolute atomic E-state index is 0.599. The van der Waals surface area contributed by atoms with Gasteiger partial charge >= 0.3 is 0 Å². The Kier molecular flexibility index (Phi) is 8.79. The fraction of sp³-hybridized carbons (Fsp3) is 0. The summed E-state index contributed by atoms with van der Waals surface area (Å²) in [4.78, 5) is 15.5. The van der Waals surface area contributed by atoms with Crippen LogP contribution in [-0.2, 0) is 0 Å². The first kappa shape index (κ1) is 38.8. The van der Waals surface area contributed by atoms with Crippen molar-refractivity contribution in [2.24, 2.45) is 0 Å². The molecule has 0 amide bonds. The number of nitrogens with zero attached hydrogens (tertiary/aromatic N) is 5. The third kappa shape index (κ3) is 6.30. The Balaban J connectivity index is 0.940. The SMILES string of the molecule is c1ccc(-c2cccc(-c3ccc(-c4nc(-c5ccccc5)nc(-c5ccc6c(c5)c5ccc7c8cccc(-n9c%10ccccc%10c%10ccccc%109)c8oc7c5n6-c5ccccc5)n4)cc3)c2)cc1. The molecule has 322 valence electrons. The number of fused-ring (bicyclic) bond motifs is 10. The molecular formula is C63H39N5O. The number of hydrogen-bond acceptors (Lipinski definition) is 4. The molecule has 14 aromatic rings. The van der Waals surface area contributed by atoms with Gasteiger partial charge in [0.25, 0.3) is 0 Å². The summed E-state index contributed by atoms with van der Waals surface area (Å²) in [7, 11) is 0. The van der Waals surface area contributed by atoms with Crippen LogP contribution in [0.5, 0.6) is 0 Å². The maximum absolute atomic E-state index is 7.24. The quantitative estimate of drug-likeness (QED) is 0.160. The fourth-order valence-electron chi connectivity index (χ4n) is 10.4. The zero-order valence-corrected chi connectivity index (χ0v) is 37.2. The van der Waals surface area contributed by atoms with Gasteiger partial charge in [0.05, 0.1) is 27.8 Å². The van der Waals surface area contributed by atoms with Gasteiger partial charge in [0, 0.05) is 54.7 Å². The van der Waals surface area contributed by atoms with Crippen molar-refractivity contribution in [2.45, 2.75) is 0 Å². The second kappa shape index (κ2) is 15.6. The summed E-state index contributed by atoms with van der Waals surface area (Å²) >= 11 is 0. The van der Waals surface area contributed by atoms with E-state index in [1.807, 2.05) is 36.4 Å². The molecule has 4 aromatic heterocycles. The molecule has 0 atom stereocenters. The van der Waals surface area contributed by atoms with Gasteiger partial charge in [0.2, 0.25) is 0 Å². The van der Waals surface area contributed by atoms with Gasteiger partial charge in [-0.3, -0.25) is 0 Å². The lowest BCUT2D eigenvalue weighted by molar-refractivity contribution is 0.668. The molecule has 0 aliphatic rings. The zero-order chi connectivity index (χ0) is 45.4. The zero-order valence-electron chi connectivity index (χ0n) is 37.2. The Labute approximate surface area is 396 Å². The third-order valence-corrected chi connectivity index (χ3v) is 13.6. The maximum atomic E-state index is 7.24. The summed E-state index contributed by atoms with van der Waals surface area (Å²) < 4.78 is 11.9. The van der Waals surface area contributed by atoms with Gasteiger partial charge in [0.1, 0.15) is 0 Å². The topological polar surface area (TPSA) is 61.7 Å². The number of aromatic nitrogens is 5. The van der Waals surface area contributed by atoms with Crippen molar-refractivity contribution in [1.29, 1.82) is 0 Å². The molecule has 14 rings (SSSR count). The average molecular weight is 882 g/mol. The van der Waals surface area contributed by atoms with Crippen LogP contribution in [0.15, 0.2) is 241 Å². The number of para-hydroxylation sites is 4. The summed E-state index contributed by atoms with van der Waals surface area (Å²) in [6.45, 7) is 0. The lowest BCUT2D eigenvalue weighted by Gasteiger charge is -2.10. The Hall–Kier alpha value is -9.39. The van der Waals surface area contributed by atoms with Crippen molar-refractivity contribution in [3.63, 3.8) is 0 Å². The van der Waals surface area contributed by atoms with E-state index in [4.69, 9.17) is 19.4 Å². The fourth-order valence-corrected chi connectivity index (χ4v) is 10.4. The third-order valence-electron chi connectivity index (χ3n) is 13.6. The van der Waals surface area contributed by atoms with Crippen molar-refractivity contribution in [3.05, 3.63) is 237 Å². The molecule has 4 heterocycles. The molecule has 6 nitrogen and oxygen atoms in total. The molecule has 0 aliphatic carbocycles. The largest absolute Gasteiger partial charge is 0.452 e. The van der Waals surface area contributed by atoms with Gasteiger partial charge < -0.3 is 13.6 Å². The molecule has 0 fully saturated rings. The van der Waals surface area contributed by atoms with E-state index in [1.165, 1.54) is 21.9 Å². The maximum Gasteiger partial charge on any atom is 0.164 e. The predicted molar refractivity (Wildman–Crippen MR) is 283 cm³/mol. The molecule has 0 aliphatic heterocycles. The first-order valence-electron chi connectivity index (χ1n) is 23.3. The molecule has 0 unspecified atom stereocenters. The molecule has 0 radical (unpaired) electrons. The van der Waals surface area contributed by atoms with E-state index >= 15 is 0 Å².